The molecule has 4 rings (SSSR count). The second-order valence-electron chi connectivity index (χ2n) is 7.01. The van der Waals surface area contributed by atoms with Gasteiger partial charge in [0.2, 0.25) is 0 Å². The van der Waals surface area contributed by atoms with Gasteiger partial charge in [0.25, 0.3) is 0 Å². The topological polar surface area (TPSA) is 34.6 Å². The van der Waals surface area contributed by atoms with Gasteiger partial charge in [-0.2, -0.15) is 8.78 Å². The van der Waals surface area contributed by atoms with Gasteiger partial charge in [0.05, 0.1) is 18.8 Å². The van der Waals surface area contributed by atoms with Crippen LogP contribution in [0.2, 0.25) is 0 Å². The predicted molar refractivity (Wildman–Crippen MR) is 108 cm³/mol. The van der Waals surface area contributed by atoms with Crippen LogP contribution in [0.15, 0.2) is 73.1 Å². The van der Waals surface area contributed by atoms with Crippen LogP contribution < -0.4 is 14.4 Å². The molecule has 0 spiro atoms. The molecule has 1 fully saturated rings. The van der Waals surface area contributed by atoms with Crippen LogP contribution in [-0.4, -0.2) is 18.2 Å². The Balaban J connectivity index is 1.69. The number of ether oxygens (including phenoxy) is 2. The summed E-state index contributed by atoms with van der Waals surface area (Å²) in [6.07, 6.45) is 5.41. The quantitative estimate of drug-likeness (QED) is 0.457. The molecule has 0 aliphatic heterocycles. The summed E-state index contributed by atoms with van der Waals surface area (Å²) in [6, 6.07) is 19.0. The van der Waals surface area contributed by atoms with E-state index in [0.717, 1.165) is 17.1 Å². The summed E-state index contributed by atoms with van der Waals surface area (Å²) in [6.45, 7) is -1.90. The number of hydrogen-bond acceptors (Lipinski definition) is 4. The van der Waals surface area contributed by atoms with E-state index in [1.807, 2.05) is 59.5 Å². The monoisotopic (exact) mass is 396 g/mol. The van der Waals surface area contributed by atoms with Gasteiger partial charge < -0.3 is 14.4 Å². The van der Waals surface area contributed by atoms with Gasteiger partial charge >= 0.3 is 6.61 Å². The van der Waals surface area contributed by atoms with Crippen molar-refractivity contribution < 1.29 is 18.3 Å². The van der Waals surface area contributed by atoms with Crippen molar-refractivity contribution in [1.29, 1.82) is 0 Å². The Morgan fingerprint density at radius 1 is 0.966 bits per heavy atom. The average Bonchev–Trinajstić information content (AvgIpc) is 3.57. The molecule has 0 atom stereocenters. The van der Waals surface area contributed by atoms with Crippen molar-refractivity contribution in [3.05, 3.63) is 78.6 Å². The van der Waals surface area contributed by atoms with E-state index in [1.54, 1.807) is 6.20 Å². The highest BCUT2D eigenvalue weighted by molar-refractivity contribution is 5.69. The van der Waals surface area contributed by atoms with Crippen LogP contribution in [0.4, 0.5) is 20.2 Å². The van der Waals surface area contributed by atoms with Crippen molar-refractivity contribution in [1.82, 2.24) is 4.98 Å². The largest absolute Gasteiger partial charge is 0.491 e. The maximum Gasteiger partial charge on any atom is 0.387 e. The van der Waals surface area contributed by atoms with E-state index >= 15 is 0 Å². The fraction of sp³-hybridized carbons (Fsp3) is 0.261. The molecule has 1 aliphatic carbocycles. The number of alkyl halides is 2. The van der Waals surface area contributed by atoms with E-state index in [1.165, 1.54) is 25.1 Å². The Morgan fingerprint density at radius 3 is 2.48 bits per heavy atom. The summed E-state index contributed by atoms with van der Waals surface area (Å²) < 4.78 is 36.5. The van der Waals surface area contributed by atoms with Gasteiger partial charge in [0.15, 0.2) is 0 Å². The average molecular weight is 396 g/mol. The molecule has 3 aromatic rings. The summed E-state index contributed by atoms with van der Waals surface area (Å²) in [5.41, 5.74) is 2.35. The third-order valence-corrected chi connectivity index (χ3v) is 4.80. The summed E-state index contributed by atoms with van der Waals surface area (Å²) >= 11 is 0. The van der Waals surface area contributed by atoms with Crippen molar-refractivity contribution in [2.75, 3.05) is 11.5 Å². The zero-order chi connectivity index (χ0) is 20.1. The van der Waals surface area contributed by atoms with Crippen LogP contribution in [0, 0.1) is 5.92 Å². The highest BCUT2D eigenvalue weighted by Gasteiger charge is 2.23. The lowest BCUT2D eigenvalue weighted by molar-refractivity contribution is -0.0504. The third-order valence-electron chi connectivity index (χ3n) is 4.80. The van der Waals surface area contributed by atoms with Crippen LogP contribution in [0.25, 0.3) is 0 Å². The smallest absolute Gasteiger partial charge is 0.387 e. The van der Waals surface area contributed by atoms with Crippen LogP contribution in [0.5, 0.6) is 11.5 Å². The molecular formula is C23H22F2N2O2. The SMILES string of the molecule is FC(F)Oc1ccncc1CN(c1ccccc1)c1ccccc1OCC1CC1. The lowest BCUT2D eigenvalue weighted by Gasteiger charge is -2.27. The van der Waals surface area contributed by atoms with E-state index in [9.17, 15) is 8.78 Å². The number of nitrogens with zero attached hydrogens (tertiary/aromatic N) is 2. The minimum absolute atomic E-state index is 0.118. The molecule has 2 aromatic carbocycles. The number of benzene rings is 2. The number of para-hydroxylation sites is 3. The molecule has 4 nitrogen and oxygen atoms in total. The van der Waals surface area contributed by atoms with Crippen LogP contribution >= 0.6 is 0 Å². The molecule has 150 valence electrons. The fourth-order valence-corrected chi connectivity index (χ4v) is 3.13. The van der Waals surface area contributed by atoms with Gasteiger partial charge in [0.1, 0.15) is 11.5 Å². The second-order valence-corrected chi connectivity index (χ2v) is 7.01. The lowest BCUT2D eigenvalue weighted by atomic mass is 10.1. The molecule has 1 aliphatic rings. The van der Waals surface area contributed by atoms with E-state index in [2.05, 4.69) is 4.98 Å². The summed E-state index contributed by atoms with van der Waals surface area (Å²) in [5.74, 6) is 1.51. The Labute approximate surface area is 168 Å². The minimum atomic E-state index is -2.89. The summed E-state index contributed by atoms with van der Waals surface area (Å²) in [7, 11) is 0. The summed E-state index contributed by atoms with van der Waals surface area (Å²) in [5, 5.41) is 0. The van der Waals surface area contributed by atoms with Gasteiger partial charge in [-0.1, -0.05) is 30.3 Å². The number of pyridine rings is 1. The molecule has 0 bridgehead atoms. The Morgan fingerprint density at radius 2 is 1.72 bits per heavy atom. The number of rotatable bonds is 9. The zero-order valence-corrected chi connectivity index (χ0v) is 15.9. The van der Waals surface area contributed by atoms with Gasteiger partial charge in [-0.25, -0.2) is 0 Å². The molecule has 0 amide bonds. The van der Waals surface area contributed by atoms with Gasteiger partial charge in [-0.3, -0.25) is 4.98 Å². The molecule has 1 saturated carbocycles. The van der Waals surface area contributed by atoms with E-state index in [0.29, 0.717) is 24.6 Å². The fourth-order valence-electron chi connectivity index (χ4n) is 3.13. The van der Waals surface area contributed by atoms with Gasteiger partial charge in [-0.05, 0) is 49.1 Å². The molecular weight excluding hydrogens is 374 g/mol. The number of hydrogen-bond donors (Lipinski definition) is 0. The first kappa shape index (κ1) is 19.2. The van der Waals surface area contributed by atoms with Crippen molar-refractivity contribution in [3.63, 3.8) is 0 Å². The Bertz CT molecular complexity index is 933. The van der Waals surface area contributed by atoms with E-state index in [-0.39, 0.29) is 5.75 Å². The van der Waals surface area contributed by atoms with E-state index in [4.69, 9.17) is 9.47 Å². The zero-order valence-electron chi connectivity index (χ0n) is 15.9. The maximum absolute atomic E-state index is 12.9. The van der Waals surface area contributed by atoms with Crippen molar-refractivity contribution >= 4 is 11.4 Å². The molecule has 1 heterocycles. The first-order valence-corrected chi connectivity index (χ1v) is 9.63. The molecule has 29 heavy (non-hydrogen) atoms. The number of aromatic nitrogens is 1. The Hall–Kier alpha value is -3.15. The van der Waals surface area contributed by atoms with Crippen LogP contribution in [0.3, 0.4) is 0 Å². The second kappa shape index (κ2) is 8.90. The highest BCUT2D eigenvalue weighted by atomic mass is 19.3. The third kappa shape index (κ3) is 5.02. The molecule has 0 saturated heterocycles. The molecule has 6 heteroatoms. The molecule has 1 aromatic heterocycles. The highest BCUT2D eigenvalue weighted by Crippen LogP contribution is 2.38. The molecule has 0 N–H and O–H groups in total. The van der Waals surface area contributed by atoms with E-state index < -0.39 is 6.61 Å². The normalized spacial score (nSPS) is 13.3. The summed E-state index contributed by atoms with van der Waals surface area (Å²) in [4.78, 5) is 6.13. The lowest BCUT2D eigenvalue weighted by Crippen LogP contribution is -2.19. The van der Waals surface area contributed by atoms with Gasteiger partial charge in [-0.15, -0.1) is 0 Å². The first-order chi connectivity index (χ1) is 14.2. The minimum Gasteiger partial charge on any atom is -0.491 e. The van der Waals surface area contributed by atoms with Crippen molar-refractivity contribution in [2.24, 2.45) is 5.92 Å². The molecule has 0 unspecified atom stereocenters. The van der Waals surface area contributed by atoms with Gasteiger partial charge in [0, 0.05) is 23.6 Å². The van der Waals surface area contributed by atoms with Crippen molar-refractivity contribution in [2.45, 2.75) is 26.0 Å². The number of anilines is 2. The maximum atomic E-state index is 12.9. The predicted octanol–water partition coefficient (Wildman–Crippen LogP) is 5.81. The molecule has 0 radical (unpaired) electrons. The van der Waals surface area contributed by atoms with Crippen molar-refractivity contribution in [3.8, 4) is 11.5 Å². The number of halogens is 2. The first-order valence-electron chi connectivity index (χ1n) is 9.63. The Kier molecular flexibility index (Phi) is 5.89. The van der Waals surface area contributed by atoms with Crippen LogP contribution in [-0.2, 0) is 6.54 Å². The van der Waals surface area contributed by atoms with Crippen LogP contribution in [0.1, 0.15) is 18.4 Å². The standard InChI is InChI=1S/C23H22F2N2O2/c24-23(25)29-21-12-13-26-14-18(21)15-27(19-6-2-1-3-7-19)20-8-4-5-9-22(20)28-16-17-10-11-17/h1-9,12-14,17,23H,10-11,15-16H2.